The smallest absolute Gasteiger partial charge is 0.227 e. The van der Waals surface area contributed by atoms with Crippen LogP contribution in [0.1, 0.15) is 53.9 Å². The predicted molar refractivity (Wildman–Crippen MR) is 111 cm³/mol. The number of para-hydroxylation sites is 1. The average Bonchev–Trinajstić information content (AvgIpc) is 2.69. The Balaban J connectivity index is 0.00000196. The SMILES string of the molecule is Br.O=C(C[n+]1cccc2ccccc21)c1ccc(C2CCCCC2)cc1. The lowest BCUT2D eigenvalue weighted by molar-refractivity contribution is -0.657. The summed E-state index contributed by atoms with van der Waals surface area (Å²) in [5.41, 5.74) is 3.30. The molecule has 4 rings (SSSR count). The number of benzene rings is 2. The number of carbonyl (C=O) groups is 1. The lowest BCUT2D eigenvalue weighted by atomic mass is 9.84. The molecule has 1 aliphatic carbocycles. The molecule has 1 aromatic heterocycles. The van der Waals surface area contributed by atoms with Crippen molar-refractivity contribution in [3.8, 4) is 0 Å². The van der Waals surface area contributed by atoms with Crippen molar-refractivity contribution < 1.29 is 9.36 Å². The number of hydrogen-bond acceptors (Lipinski definition) is 1. The first-order valence-electron chi connectivity index (χ1n) is 9.31. The molecule has 0 saturated heterocycles. The second kappa shape index (κ2) is 8.59. The monoisotopic (exact) mass is 410 g/mol. The summed E-state index contributed by atoms with van der Waals surface area (Å²) in [7, 11) is 0. The van der Waals surface area contributed by atoms with Crippen LogP contribution in [0.4, 0.5) is 0 Å². The quantitative estimate of drug-likeness (QED) is 0.402. The van der Waals surface area contributed by atoms with Crippen molar-refractivity contribution in [2.45, 2.75) is 44.6 Å². The number of hydrogen-bond donors (Lipinski definition) is 0. The first-order valence-corrected chi connectivity index (χ1v) is 9.31. The number of carbonyl (C=O) groups excluding carboxylic acids is 1. The van der Waals surface area contributed by atoms with Crippen LogP contribution in [0.2, 0.25) is 0 Å². The molecular weight excluding hydrogens is 386 g/mol. The number of nitrogens with zero attached hydrogens (tertiary/aromatic N) is 1. The highest BCUT2D eigenvalue weighted by Crippen LogP contribution is 2.32. The normalized spacial score (nSPS) is 14.8. The fourth-order valence-electron chi connectivity index (χ4n) is 3.98. The molecule has 1 fully saturated rings. The number of fused-ring (bicyclic) bond motifs is 1. The first-order chi connectivity index (χ1) is 12.3. The van der Waals surface area contributed by atoms with Gasteiger partial charge in [0.1, 0.15) is 0 Å². The molecule has 3 heteroatoms. The van der Waals surface area contributed by atoms with Gasteiger partial charge in [-0.15, -0.1) is 17.0 Å². The van der Waals surface area contributed by atoms with Gasteiger partial charge in [0, 0.05) is 23.1 Å². The minimum atomic E-state index is 0. The van der Waals surface area contributed by atoms with Crippen LogP contribution in [0.25, 0.3) is 10.9 Å². The van der Waals surface area contributed by atoms with E-state index in [4.69, 9.17) is 0 Å². The molecular formula is C23H25BrNO+. The molecule has 0 spiro atoms. The number of aromatic nitrogens is 1. The zero-order valence-corrected chi connectivity index (χ0v) is 16.6. The van der Waals surface area contributed by atoms with Crippen LogP contribution < -0.4 is 4.57 Å². The summed E-state index contributed by atoms with van der Waals surface area (Å²) in [5, 5.41) is 1.16. The van der Waals surface area contributed by atoms with E-state index in [1.165, 1.54) is 37.7 Å². The van der Waals surface area contributed by atoms with Crippen molar-refractivity contribution in [1.82, 2.24) is 0 Å². The van der Waals surface area contributed by atoms with Crippen molar-refractivity contribution in [1.29, 1.82) is 0 Å². The van der Waals surface area contributed by atoms with Crippen molar-refractivity contribution in [3.63, 3.8) is 0 Å². The largest absolute Gasteiger partial charge is 0.287 e. The van der Waals surface area contributed by atoms with E-state index in [-0.39, 0.29) is 22.8 Å². The molecule has 134 valence electrons. The summed E-state index contributed by atoms with van der Waals surface area (Å²) in [6, 6.07) is 20.6. The number of rotatable bonds is 4. The third-order valence-corrected chi connectivity index (χ3v) is 5.41. The summed E-state index contributed by atoms with van der Waals surface area (Å²) < 4.78 is 2.03. The molecule has 26 heavy (non-hydrogen) atoms. The van der Waals surface area contributed by atoms with Gasteiger partial charge in [-0.05, 0) is 36.5 Å². The number of ketones is 1. The summed E-state index contributed by atoms with van der Waals surface area (Å²) in [5.74, 6) is 0.849. The Labute approximate surface area is 165 Å². The van der Waals surface area contributed by atoms with E-state index in [0.717, 1.165) is 16.5 Å². The van der Waals surface area contributed by atoms with Crippen LogP contribution in [0.15, 0.2) is 66.9 Å². The molecule has 1 aliphatic rings. The third-order valence-electron chi connectivity index (χ3n) is 5.41. The molecule has 2 aromatic carbocycles. The van der Waals surface area contributed by atoms with Gasteiger partial charge in [0.15, 0.2) is 6.20 Å². The zero-order valence-electron chi connectivity index (χ0n) is 14.9. The molecule has 3 aromatic rings. The Morgan fingerprint density at radius 1 is 0.885 bits per heavy atom. The molecule has 1 saturated carbocycles. The van der Waals surface area contributed by atoms with Gasteiger partial charge in [0.05, 0.1) is 0 Å². The average molecular weight is 411 g/mol. The van der Waals surface area contributed by atoms with Gasteiger partial charge in [-0.25, -0.2) is 0 Å². The van der Waals surface area contributed by atoms with Crippen molar-refractivity contribution in [3.05, 3.63) is 78.0 Å². The van der Waals surface area contributed by atoms with Gasteiger partial charge >= 0.3 is 0 Å². The van der Waals surface area contributed by atoms with Gasteiger partial charge in [-0.1, -0.05) is 55.7 Å². The molecule has 0 aliphatic heterocycles. The Kier molecular flexibility index (Phi) is 6.20. The van der Waals surface area contributed by atoms with Crippen LogP contribution in [0, 0.1) is 0 Å². The minimum absolute atomic E-state index is 0. The zero-order chi connectivity index (χ0) is 17.1. The highest BCUT2D eigenvalue weighted by atomic mass is 79.9. The fourth-order valence-corrected chi connectivity index (χ4v) is 3.98. The maximum atomic E-state index is 12.7. The number of halogens is 1. The van der Waals surface area contributed by atoms with Crippen LogP contribution in [-0.4, -0.2) is 5.78 Å². The van der Waals surface area contributed by atoms with E-state index in [2.05, 4.69) is 30.3 Å². The van der Waals surface area contributed by atoms with Crippen LogP contribution in [0.5, 0.6) is 0 Å². The van der Waals surface area contributed by atoms with Gasteiger partial charge in [0.2, 0.25) is 17.8 Å². The fraction of sp³-hybridized carbons (Fsp3) is 0.304. The molecule has 2 nitrogen and oxygen atoms in total. The first kappa shape index (κ1) is 18.8. The van der Waals surface area contributed by atoms with E-state index in [1.807, 2.05) is 41.1 Å². The topological polar surface area (TPSA) is 20.9 Å². The molecule has 0 radical (unpaired) electrons. The number of pyridine rings is 1. The molecule has 0 unspecified atom stereocenters. The van der Waals surface area contributed by atoms with E-state index < -0.39 is 0 Å². The van der Waals surface area contributed by atoms with Crippen LogP contribution in [0.3, 0.4) is 0 Å². The van der Waals surface area contributed by atoms with E-state index in [1.54, 1.807) is 0 Å². The van der Waals surface area contributed by atoms with Gasteiger partial charge < -0.3 is 0 Å². The molecule has 1 heterocycles. The van der Waals surface area contributed by atoms with E-state index in [9.17, 15) is 4.79 Å². The highest BCUT2D eigenvalue weighted by Gasteiger charge is 2.18. The Morgan fingerprint density at radius 3 is 2.35 bits per heavy atom. The van der Waals surface area contributed by atoms with Crippen molar-refractivity contribution in [2.75, 3.05) is 0 Å². The Bertz CT molecular complexity index is 877. The second-order valence-corrected chi connectivity index (χ2v) is 7.08. The Hall–Kier alpha value is -2.00. The van der Waals surface area contributed by atoms with E-state index in [0.29, 0.717) is 12.5 Å². The molecule has 0 atom stereocenters. The molecule has 0 amide bonds. The summed E-state index contributed by atoms with van der Waals surface area (Å²) in [4.78, 5) is 12.7. The van der Waals surface area contributed by atoms with Crippen molar-refractivity contribution >= 4 is 33.7 Å². The van der Waals surface area contributed by atoms with Gasteiger partial charge in [0.25, 0.3) is 0 Å². The Morgan fingerprint density at radius 2 is 1.58 bits per heavy atom. The van der Waals surface area contributed by atoms with Crippen LogP contribution in [-0.2, 0) is 6.54 Å². The maximum Gasteiger partial charge on any atom is 0.227 e. The second-order valence-electron chi connectivity index (χ2n) is 7.08. The number of Topliss-reactive ketones (excluding diaryl/α,β-unsaturated/α-hetero) is 1. The van der Waals surface area contributed by atoms with Crippen LogP contribution >= 0.6 is 17.0 Å². The molecule has 0 bridgehead atoms. The standard InChI is InChI=1S/C23H24NO.BrH/c25-23(17-24-16-6-10-20-9-4-5-11-22(20)24)21-14-12-19(13-15-21)18-7-2-1-3-8-18;/h4-6,9-16,18H,1-3,7-8,17H2;1H/q+1;. The van der Waals surface area contributed by atoms with Gasteiger partial charge in [-0.3, -0.25) is 4.79 Å². The van der Waals surface area contributed by atoms with Crippen molar-refractivity contribution in [2.24, 2.45) is 0 Å². The lowest BCUT2D eigenvalue weighted by Crippen LogP contribution is -2.38. The van der Waals surface area contributed by atoms with E-state index >= 15 is 0 Å². The lowest BCUT2D eigenvalue weighted by Gasteiger charge is -2.21. The summed E-state index contributed by atoms with van der Waals surface area (Å²) >= 11 is 0. The van der Waals surface area contributed by atoms with Gasteiger partial charge in [-0.2, -0.15) is 4.57 Å². The highest BCUT2D eigenvalue weighted by molar-refractivity contribution is 8.93. The summed E-state index contributed by atoms with van der Waals surface area (Å²) in [6.07, 6.45) is 8.61. The maximum absolute atomic E-state index is 12.7. The molecule has 0 N–H and O–H groups in total. The minimum Gasteiger partial charge on any atom is -0.287 e. The predicted octanol–water partition coefficient (Wildman–Crippen LogP) is 5.64. The summed E-state index contributed by atoms with van der Waals surface area (Å²) in [6.45, 7) is 0.379. The third kappa shape index (κ3) is 4.04.